The van der Waals surface area contributed by atoms with Gasteiger partial charge in [-0.15, -0.1) is 0 Å². The summed E-state index contributed by atoms with van der Waals surface area (Å²) in [5.41, 5.74) is 0.360. The number of rotatable bonds is 6. The highest BCUT2D eigenvalue weighted by Gasteiger charge is 2.32. The number of amides is 1. The maximum atomic E-state index is 12.3. The molecule has 0 spiro atoms. The zero-order valence-corrected chi connectivity index (χ0v) is 15.7. The number of carbonyl (C=O) groups is 2. The standard InChI is InChI=1S/C21H23NO5/c1-21(2)13-18(23)17-12-14(4-9-19(17)27-21)20(24)22-10-11-26-16-7-5-15(25-3)6-8-16/h4-9,12H,10-11,13H2,1-3H3,(H,22,24). The number of hydrogen-bond donors (Lipinski definition) is 1. The highest BCUT2D eigenvalue weighted by atomic mass is 16.5. The van der Waals surface area contributed by atoms with Crippen molar-refractivity contribution in [3.63, 3.8) is 0 Å². The van der Waals surface area contributed by atoms with Crippen molar-refractivity contribution in [3.05, 3.63) is 53.6 Å². The summed E-state index contributed by atoms with van der Waals surface area (Å²) in [6.45, 7) is 4.42. The predicted octanol–water partition coefficient (Wildman–Crippen LogP) is 3.25. The lowest BCUT2D eigenvalue weighted by molar-refractivity contribution is 0.0620. The Labute approximate surface area is 158 Å². The van der Waals surface area contributed by atoms with Gasteiger partial charge < -0.3 is 19.5 Å². The third-order valence-corrected chi connectivity index (χ3v) is 4.23. The first-order chi connectivity index (χ1) is 12.9. The van der Waals surface area contributed by atoms with Gasteiger partial charge in [0.05, 0.1) is 25.6 Å². The van der Waals surface area contributed by atoms with Gasteiger partial charge in [-0.1, -0.05) is 0 Å². The Bertz CT molecular complexity index is 842. The summed E-state index contributed by atoms with van der Waals surface area (Å²) >= 11 is 0. The van der Waals surface area contributed by atoms with Gasteiger partial charge in [-0.25, -0.2) is 0 Å². The summed E-state index contributed by atoms with van der Waals surface area (Å²) in [6.07, 6.45) is 0.292. The molecule has 0 saturated heterocycles. The maximum absolute atomic E-state index is 12.3. The van der Waals surface area contributed by atoms with Crippen molar-refractivity contribution in [1.82, 2.24) is 5.32 Å². The lowest BCUT2D eigenvalue weighted by atomic mass is 9.92. The molecular formula is C21H23NO5. The van der Waals surface area contributed by atoms with Gasteiger partial charge in [-0.3, -0.25) is 9.59 Å². The number of fused-ring (bicyclic) bond motifs is 1. The second kappa shape index (κ2) is 7.70. The Kier molecular flexibility index (Phi) is 5.35. The van der Waals surface area contributed by atoms with Crippen LogP contribution in [0.3, 0.4) is 0 Å². The minimum atomic E-state index is -0.521. The average Bonchev–Trinajstić information content (AvgIpc) is 2.64. The molecule has 0 aliphatic carbocycles. The van der Waals surface area contributed by atoms with Crippen molar-refractivity contribution >= 4 is 11.7 Å². The number of nitrogens with one attached hydrogen (secondary N) is 1. The second-order valence-electron chi connectivity index (χ2n) is 6.95. The van der Waals surface area contributed by atoms with E-state index in [4.69, 9.17) is 14.2 Å². The molecule has 1 heterocycles. The second-order valence-corrected chi connectivity index (χ2v) is 6.95. The fraction of sp³-hybridized carbons (Fsp3) is 0.333. The molecular weight excluding hydrogens is 346 g/mol. The van der Waals surface area contributed by atoms with E-state index in [1.54, 1.807) is 49.6 Å². The average molecular weight is 369 g/mol. The minimum absolute atomic E-state index is 0.0151. The van der Waals surface area contributed by atoms with Gasteiger partial charge in [0.2, 0.25) is 0 Å². The zero-order valence-electron chi connectivity index (χ0n) is 15.7. The van der Waals surface area contributed by atoms with Crippen LogP contribution in [0.4, 0.5) is 0 Å². The lowest BCUT2D eigenvalue weighted by Gasteiger charge is -2.31. The molecule has 1 amide bonds. The van der Waals surface area contributed by atoms with Crippen LogP contribution in [-0.4, -0.2) is 37.6 Å². The van der Waals surface area contributed by atoms with Crippen molar-refractivity contribution in [1.29, 1.82) is 0 Å². The van der Waals surface area contributed by atoms with Crippen LogP contribution in [0.1, 0.15) is 41.0 Å². The molecule has 1 aliphatic heterocycles. The summed E-state index contributed by atoms with van der Waals surface area (Å²) in [7, 11) is 1.60. The van der Waals surface area contributed by atoms with Crippen molar-refractivity contribution in [2.75, 3.05) is 20.3 Å². The van der Waals surface area contributed by atoms with Gasteiger partial charge in [0.1, 0.15) is 29.5 Å². The molecule has 0 atom stereocenters. The van der Waals surface area contributed by atoms with Crippen LogP contribution in [-0.2, 0) is 0 Å². The van der Waals surface area contributed by atoms with E-state index in [1.807, 2.05) is 13.8 Å². The molecule has 2 aromatic carbocycles. The monoisotopic (exact) mass is 369 g/mol. The van der Waals surface area contributed by atoms with Gasteiger partial charge in [0.25, 0.3) is 5.91 Å². The first kappa shape index (κ1) is 18.8. The number of Topliss-reactive ketones (excluding diaryl/α,β-unsaturated/α-hetero) is 1. The van der Waals surface area contributed by atoms with Gasteiger partial charge in [-0.2, -0.15) is 0 Å². The van der Waals surface area contributed by atoms with Crippen LogP contribution in [0.25, 0.3) is 0 Å². The van der Waals surface area contributed by atoms with Crippen molar-refractivity contribution < 1.29 is 23.8 Å². The van der Waals surface area contributed by atoms with E-state index in [0.717, 1.165) is 5.75 Å². The first-order valence-electron chi connectivity index (χ1n) is 8.79. The summed E-state index contributed by atoms with van der Waals surface area (Å²) in [5, 5.41) is 2.79. The minimum Gasteiger partial charge on any atom is -0.497 e. The molecule has 6 heteroatoms. The van der Waals surface area contributed by atoms with E-state index in [-0.39, 0.29) is 11.7 Å². The van der Waals surface area contributed by atoms with E-state index in [0.29, 0.717) is 42.2 Å². The third-order valence-electron chi connectivity index (χ3n) is 4.23. The molecule has 1 aliphatic rings. The molecule has 0 saturated carbocycles. The van der Waals surface area contributed by atoms with Gasteiger partial charge >= 0.3 is 0 Å². The van der Waals surface area contributed by atoms with Crippen LogP contribution in [0, 0.1) is 0 Å². The van der Waals surface area contributed by atoms with E-state index in [9.17, 15) is 9.59 Å². The van der Waals surface area contributed by atoms with Gasteiger partial charge in [0.15, 0.2) is 5.78 Å². The van der Waals surface area contributed by atoms with Gasteiger partial charge in [-0.05, 0) is 56.3 Å². The fourth-order valence-corrected chi connectivity index (χ4v) is 2.90. The highest BCUT2D eigenvalue weighted by molar-refractivity contribution is 6.03. The number of ketones is 1. The molecule has 2 aromatic rings. The van der Waals surface area contributed by atoms with Crippen molar-refractivity contribution in [3.8, 4) is 17.2 Å². The van der Waals surface area contributed by atoms with E-state index < -0.39 is 5.60 Å². The van der Waals surface area contributed by atoms with E-state index in [1.165, 1.54) is 0 Å². The molecule has 3 rings (SSSR count). The highest BCUT2D eigenvalue weighted by Crippen LogP contribution is 2.33. The lowest BCUT2D eigenvalue weighted by Crippen LogP contribution is -2.36. The third kappa shape index (κ3) is 4.58. The molecule has 27 heavy (non-hydrogen) atoms. The Morgan fingerprint density at radius 3 is 2.56 bits per heavy atom. The van der Waals surface area contributed by atoms with Crippen LogP contribution in [0.15, 0.2) is 42.5 Å². The van der Waals surface area contributed by atoms with Crippen molar-refractivity contribution in [2.24, 2.45) is 0 Å². The normalized spacial score (nSPS) is 14.7. The van der Waals surface area contributed by atoms with Crippen LogP contribution >= 0.6 is 0 Å². The van der Waals surface area contributed by atoms with Gasteiger partial charge in [0, 0.05) is 5.56 Å². The Balaban J connectivity index is 1.54. The van der Waals surface area contributed by atoms with Crippen LogP contribution < -0.4 is 19.5 Å². The topological polar surface area (TPSA) is 73.9 Å². The fourth-order valence-electron chi connectivity index (χ4n) is 2.90. The quantitative estimate of drug-likeness (QED) is 0.791. The number of benzene rings is 2. The smallest absolute Gasteiger partial charge is 0.251 e. The number of ether oxygens (including phenoxy) is 3. The zero-order chi connectivity index (χ0) is 19.4. The Hall–Kier alpha value is -3.02. The summed E-state index contributed by atoms with van der Waals surface area (Å²) in [4.78, 5) is 24.6. The van der Waals surface area contributed by atoms with E-state index in [2.05, 4.69) is 5.32 Å². The molecule has 1 N–H and O–H groups in total. The molecule has 0 radical (unpaired) electrons. The summed E-state index contributed by atoms with van der Waals surface area (Å²) in [5.74, 6) is 1.71. The molecule has 0 unspecified atom stereocenters. The number of methoxy groups -OCH3 is 1. The largest absolute Gasteiger partial charge is 0.497 e. The maximum Gasteiger partial charge on any atom is 0.251 e. The van der Waals surface area contributed by atoms with Crippen LogP contribution in [0.2, 0.25) is 0 Å². The number of carbonyl (C=O) groups excluding carboxylic acids is 2. The summed E-state index contributed by atoms with van der Waals surface area (Å²) < 4.78 is 16.5. The van der Waals surface area contributed by atoms with E-state index >= 15 is 0 Å². The van der Waals surface area contributed by atoms with Crippen molar-refractivity contribution in [2.45, 2.75) is 25.9 Å². The first-order valence-corrected chi connectivity index (χ1v) is 8.79. The molecule has 0 fully saturated rings. The Morgan fingerprint density at radius 1 is 1.15 bits per heavy atom. The molecule has 142 valence electrons. The number of hydrogen-bond acceptors (Lipinski definition) is 5. The molecule has 6 nitrogen and oxygen atoms in total. The van der Waals surface area contributed by atoms with Crippen LogP contribution in [0.5, 0.6) is 17.2 Å². The SMILES string of the molecule is COc1ccc(OCCNC(=O)c2ccc3c(c2)C(=O)CC(C)(C)O3)cc1. The molecule has 0 bridgehead atoms. The predicted molar refractivity (Wildman–Crippen MR) is 101 cm³/mol. The summed E-state index contributed by atoms with van der Waals surface area (Å²) in [6, 6.07) is 12.1. The Morgan fingerprint density at radius 2 is 1.85 bits per heavy atom. The molecule has 0 aromatic heterocycles.